The number of ether oxygens (including phenoxy) is 1. The number of aromatic carboxylic acids is 1. The Labute approximate surface area is 130 Å². The molecule has 6 heteroatoms. The number of carbonyl (C=O) groups is 2. The van der Waals surface area contributed by atoms with Crippen molar-refractivity contribution in [1.82, 2.24) is 10.6 Å². The van der Waals surface area contributed by atoms with Crippen LogP contribution in [0.5, 0.6) is 0 Å². The van der Waals surface area contributed by atoms with Gasteiger partial charge >= 0.3 is 12.1 Å². The molecule has 0 bridgehead atoms. The Morgan fingerprint density at radius 3 is 2.32 bits per heavy atom. The van der Waals surface area contributed by atoms with Crippen molar-refractivity contribution >= 4 is 12.1 Å². The molecule has 1 atom stereocenters. The molecule has 1 aromatic carbocycles. The third-order valence-corrected chi connectivity index (χ3v) is 2.81. The van der Waals surface area contributed by atoms with Gasteiger partial charge in [-0.25, -0.2) is 9.59 Å². The minimum Gasteiger partial charge on any atom is -0.478 e. The van der Waals surface area contributed by atoms with Gasteiger partial charge in [0, 0.05) is 19.1 Å². The largest absolute Gasteiger partial charge is 0.478 e. The van der Waals surface area contributed by atoms with Gasteiger partial charge in [0.15, 0.2) is 0 Å². The van der Waals surface area contributed by atoms with Gasteiger partial charge in [-0.15, -0.1) is 0 Å². The van der Waals surface area contributed by atoms with E-state index < -0.39 is 17.7 Å². The highest BCUT2D eigenvalue weighted by Crippen LogP contribution is 2.06. The Balaban J connectivity index is 2.32. The van der Waals surface area contributed by atoms with Crippen LogP contribution >= 0.6 is 0 Å². The predicted octanol–water partition coefficient (Wildman–Crippen LogP) is 2.39. The number of carbonyl (C=O) groups excluding carboxylic acids is 1. The van der Waals surface area contributed by atoms with E-state index in [1.165, 1.54) is 0 Å². The van der Waals surface area contributed by atoms with Crippen LogP contribution in [0.15, 0.2) is 24.3 Å². The maximum Gasteiger partial charge on any atom is 0.407 e. The first-order chi connectivity index (χ1) is 10.2. The molecule has 6 nitrogen and oxygen atoms in total. The summed E-state index contributed by atoms with van der Waals surface area (Å²) in [5.41, 5.74) is 0.740. The zero-order valence-corrected chi connectivity index (χ0v) is 13.5. The Kier molecular flexibility index (Phi) is 6.37. The fourth-order valence-corrected chi connectivity index (χ4v) is 1.68. The van der Waals surface area contributed by atoms with Crippen LogP contribution in [0.2, 0.25) is 0 Å². The van der Waals surface area contributed by atoms with E-state index in [0.29, 0.717) is 13.1 Å². The number of rotatable bonds is 6. The smallest absolute Gasteiger partial charge is 0.407 e. The molecule has 0 spiro atoms. The van der Waals surface area contributed by atoms with Crippen molar-refractivity contribution in [2.75, 3.05) is 6.54 Å². The van der Waals surface area contributed by atoms with E-state index in [1.54, 1.807) is 24.3 Å². The van der Waals surface area contributed by atoms with Gasteiger partial charge in [-0.2, -0.15) is 0 Å². The van der Waals surface area contributed by atoms with Crippen LogP contribution in [0.1, 0.15) is 43.6 Å². The molecule has 0 saturated heterocycles. The SMILES string of the molecule is CC(CNC(=O)OC(C)(C)C)NCc1ccc(C(=O)O)cc1. The molecule has 1 unspecified atom stereocenters. The van der Waals surface area contributed by atoms with Crippen LogP contribution in [0.25, 0.3) is 0 Å². The fraction of sp³-hybridized carbons (Fsp3) is 0.500. The highest BCUT2D eigenvalue weighted by molar-refractivity contribution is 5.87. The van der Waals surface area contributed by atoms with Gasteiger partial charge < -0.3 is 20.5 Å². The van der Waals surface area contributed by atoms with E-state index in [4.69, 9.17) is 9.84 Å². The summed E-state index contributed by atoms with van der Waals surface area (Å²) in [6, 6.07) is 6.74. The highest BCUT2D eigenvalue weighted by Gasteiger charge is 2.16. The number of carboxylic acids is 1. The Hall–Kier alpha value is -2.08. The molecular weight excluding hydrogens is 284 g/mol. The number of carboxylic acid groups (broad SMARTS) is 1. The van der Waals surface area contributed by atoms with E-state index in [9.17, 15) is 9.59 Å². The third kappa shape index (κ3) is 7.08. The Morgan fingerprint density at radius 2 is 1.82 bits per heavy atom. The van der Waals surface area contributed by atoms with Crippen LogP contribution < -0.4 is 10.6 Å². The Morgan fingerprint density at radius 1 is 1.23 bits per heavy atom. The molecular formula is C16H24N2O4. The van der Waals surface area contributed by atoms with Crippen LogP contribution in [0.4, 0.5) is 4.79 Å². The maximum absolute atomic E-state index is 11.5. The molecule has 22 heavy (non-hydrogen) atoms. The average Bonchev–Trinajstić information content (AvgIpc) is 2.41. The molecule has 0 radical (unpaired) electrons. The van der Waals surface area contributed by atoms with Gasteiger partial charge in [0.2, 0.25) is 0 Å². The lowest BCUT2D eigenvalue weighted by Gasteiger charge is -2.21. The molecule has 1 aromatic rings. The zero-order chi connectivity index (χ0) is 16.8. The minimum atomic E-state index is -0.936. The second-order valence-electron chi connectivity index (χ2n) is 6.17. The topological polar surface area (TPSA) is 87.7 Å². The molecule has 0 aromatic heterocycles. The summed E-state index contributed by atoms with van der Waals surface area (Å²) in [5.74, 6) is -0.936. The summed E-state index contributed by atoms with van der Waals surface area (Å²) in [5, 5.41) is 14.8. The van der Waals surface area contributed by atoms with Gasteiger partial charge in [-0.3, -0.25) is 0 Å². The van der Waals surface area contributed by atoms with Gasteiger partial charge in [0.05, 0.1) is 5.56 Å². The molecule has 1 rings (SSSR count). The van der Waals surface area contributed by atoms with Crippen molar-refractivity contribution < 1.29 is 19.4 Å². The van der Waals surface area contributed by atoms with Gasteiger partial charge in [-0.05, 0) is 45.4 Å². The van der Waals surface area contributed by atoms with Gasteiger partial charge in [0.1, 0.15) is 5.60 Å². The van der Waals surface area contributed by atoms with E-state index in [2.05, 4.69) is 10.6 Å². The molecule has 0 aliphatic heterocycles. The first-order valence-corrected chi connectivity index (χ1v) is 7.20. The van der Waals surface area contributed by atoms with Crippen molar-refractivity contribution in [3.8, 4) is 0 Å². The predicted molar refractivity (Wildman–Crippen MR) is 83.9 cm³/mol. The van der Waals surface area contributed by atoms with Crippen molar-refractivity contribution in [3.05, 3.63) is 35.4 Å². The number of alkyl carbamates (subject to hydrolysis) is 1. The molecule has 0 fully saturated rings. The minimum absolute atomic E-state index is 0.0617. The number of nitrogens with one attached hydrogen (secondary N) is 2. The molecule has 0 aliphatic rings. The van der Waals surface area contributed by atoms with Crippen molar-refractivity contribution in [1.29, 1.82) is 0 Å². The summed E-state index contributed by atoms with van der Waals surface area (Å²) < 4.78 is 5.15. The molecule has 0 saturated carbocycles. The van der Waals surface area contributed by atoms with E-state index >= 15 is 0 Å². The third-order valence-electron chi connectivity index (χ3n) is 2.81. The average molecular weight is 308 g/mol. The van der Waals surface area contributed by atoms with Crippen LogP contribution in [0.3, 0.4) is 0 Å². The monoisotopic (exact) mass is 308 g/mol. The highest BCUT2D eigenvalue weighted by atomic mass is 16.6. The van der Waals surface area contributed by atoms with Crippen LogP contribution in [-0.2, 0) is 11.3 Å². The standard InChI is InChI=1S/C16H24N2O4/c1-11(9-18-15(21)22-16(2,3)4)17-10-12-5-7-13(8-6-12)14(19)20/h5-8,11,17H,9-10H2,1-4H3,(H,18,21)(H,19,20). The van der Waals surface area contributed by atoms with Gasteiger partial charge in [-0.1, -0.05) is 12.1 Å². The Bertz CT molecular complexity index is 506. The van der Waals surface area contributed by atoms with Gasteiger partial charge in [0.25, 0.3) is 0 Å². The van der Waals surface area contributed by atoms with Crippen molar-refractivity contribution in [3.63, 3.8) is 0 Å². The number of amides is 1. The molecule has 1 amide bonds. The summed E-state index contributed by atoms with van der Waals surface area (Å²) in [6.07, 6.45) is -0.438. The lowest BCUT2D eigenvalue weighted by Crippen LogP contribution is -2.40. The number of benzene rings is 1. The number of hydrogen-bond acceptors (Lipinski definition) is 4. The lowest BCUT2D eigenvalue weighted by atomic mass is 10.1. The summed E-state index contributed by atoms with van der Waals surface area (Å²) in [7, 11) is 0. The fourth-order valence-electron chi connectivity index (χ4n) is 1.68. The second kappa shape index (κ2) is 7.79. The van der Waals surface area contributed by atoms with E-state index in [1.807, 2.05) is 27.7 Å². The number of hydrogen-bond donors (Lipinski definition) is 3. The second-order valence-corrected chi connectivity index (χ2v) is 6.17. The zero-order valence-electron chi connectivity index (χ0n) is 13.5. The lowest BCUT2D eigenvalue weighted by molar-refractivity contribution is 0.0522. The van der Waals surface area contributed by atoms with E-state index in [0.717, 1.165) is 5.56 Å². The summed E-state index contributed by atoms with van der Waals surface area (Å²) in [6.45, 7) is 8.43. The summed E-state index contributed by atoms with van der Waals surface area (Å²) >= 11 is 0. The first-order valence-electron chi connectivity index (χ1n) is 7.20. The van der Waals surface area contributed by atoms with Crippen molar-refractivity contribution in [2.45, 2.75) is 45.9 Å². The van der Waals surface area contributed by atoms with Crippen LogP contribution in [0, 0.1) is 0 Å². The van der Waals surface area contributed by atoms with Crippen LogP contribution in [-0.4, -0.2) is 35.4 Å². The molecule has 3 N–H and O–H groups in total. The summed E-state index contributed by atoms with van der Waals surface area (Å²) in [4.78, 5) is 22.3. The molecule has 122 valence electrons. The molecule has 0 heterocycles. The first kappa shape index (κ1) is 18.0. The normalized spacial score (nSPS) is 12.5. The van der Waals surface area contributed by atoms with E-state index in [-0.39, 0.29) is 11.6 Å². The van der Waals surface area contributed by atoms with Crippen molar-refractivity contribution in [2.24, 2.45) is 0 Å². The molecule has 0 aliphatic carbocycles. The quantitative estimate of drug-likeness (QED) is 0.751. The maximum atomic E-state index is 11.5.